The lowest BCUT2D eigenvalue weighted by Crippen LogP contribution is -2.21. The second kappa shape index (κ2) is 3.53. The van der Waals surface area contributed by atoms with Crippen LogP contribution in [0.2, 0.25) is 0 Å². The van der Waals surface area contributed by atoms with Crippen LogP contribution < -0.4 is 5.32 Å². The molecule has 0 aromatic carbocycles. The number of ether oxygens (including phenoxy) is 1. The van der Waals surface area contributed by atoms with Crippen molar-refractivity contribution in [3.8, 4) is 0 Å². The van der Waals surface area contributed by atoms with Crippen molar-refractivity contribution in [2.45, 2.75) is 6.92 Å². The number of nitrogens with one attached hydrogen (secondary N) is 1. The van der Waals surface area contributed by atoms with Crippen LogP contribution in [0.4, 0.5) is 5.82 Å². The van der Waals surface area contributed by atoms with Crippen molar-refractivity contribution >= 4 is 18.0 Å². The third-order valence-electron chi connectivity index (χ3n) is 1.95. The zero-order chi connectivity index (χ0) is 9.97. The van der Waals surface area contributed by atoms with Gasteiger partial charge >= 0.3 is 5.97 Å². The smallest absolute Gasteiger partial charge is 0.337 e. The Morgan fingerprint density at radius 2 is 2.64 bits per heavy atom. The summed E-state index contributed by atoms with van der Waals surface area (Å²) in [5.41, 5.74) is 0.586. The molecule has 0 radical (unpaired) electrons. The van der Waals surface area contributed by atoms with Crippen molar-refractivity contribution in [1.29, 1.82) is 0 Å². The molecular formula is C9H11N3O2. The number of esters is 1. The molecule has 0 atom stereocenters. The molecular weight excluding hydrogens is 182 g/mol. The summed E-state index contributed by atoms with van der Waals surface area (Å²) in [4.78, 5) is 11.4. The molecule has 0 spiro atoms. The second-order valence-electron chi connectivity index (χ2n) is 2.89. The van der Waals surface area contributed by atoms with Gasteiger partial charge in [-0.15, -0.1) is 0 Å². The van der Waals surface area contributed by atoms with Gasteiger partial charge in [0.25, 0.3) is 0 Å². The highest BCUT2D eigenvalue weighted by molar-refractivity contribution is 5.93. The largest absolute Gasteiger partial charge is 0.463 e. The van der Waals surface area contributed by atoms with Gasteiger partial charge in [0.2, 0.25) is 0 Å². The lowest BCUT2D eigenvalue weighted by molar-refractivity contribution is -0.138. The first-order valence-electron chi connectivity index (χ1n) is 4.46. The third kappa shape index (κ3) is 1.48. The minimum Gasteiger partial charge on any atom is -0.463 e. The number of rotatable bonds is 2. The number of anilines is 1. The Morgan fingerprint density at radius 1 is 1.79 bits per heavy atom. The molecule has 2 heterocycles. The highest BCUT2D eigenvalue weighted by Crippen LogP contribution is 2.15. The molecule has 1 N–H and O–H groups in total. The monoisotopic (exact) mass is 193 g/mol. The first-order chi connectivity index (χ1) is 6.81. The Labute approximate surface area is 81.4 Å². The van der Waals surface area contributed by atoms with Crippen molar-refractivity contribution in [3.05, 3.63) is 17.8 Å². The molecule has 5 heteroatoms. The van der Waals surface area contributed by atoms with Gasteiger partial charge < -0.3 is 10.1 Å². The van der Waals surface area contributed by atoms with Crippen LogP contribution in [0.5, 0.6) is 0 Å². The molecule has 0 saturated carbocycles. The summed E-state index contributed by atoms with van der Waals surface area (Å²) in [5.74, 6) is 0.596. The molecule has 0 fully saturated rings. The molecule has 1 aliphatic rings. The zero-order valence-corrected chi connectivity index (χ0v) is 7.86. The number of nitrogens with zero attached hydrogens (tertiary/aromatic N) is 2. The predicted octanol–water partition coefficient (Wildman–Crippen LogP) is 0.713. The van der Waals surface area contributed by atoms with Crippen LogP contribution in [0, 0.1) is 0 Å². The fraction of sp³-hybridized carbons (Fsp3) is 0.333. The van der Waals surface area contributed by atoms with Crippen molar-refractivity contribution in [3.63, 3.8) is 0 Å². The van der Waals surface area contributed by atoms with E-state index in [0.717, 1.165) is 5.82 Å². The van der Waals surface area contributed by atoms with Crippen LogP contribution in [0.3, 0.4) is 0 Å². The van der Waals surface area contributed by atoms with E-state index in [2.05, 4.69) is 10.4 Å². The highest BCUT2D eigenvalue weighted by Gasteiger charge is 2.16. The maximum atomic E-state index is 11.4. The molecule has 1 aromatic rings. The average Bonchev–Trinajstić information content (AvgIpc) is 2.64. The number of hydrogen-bond donors (Lipinski definition) is 1. The van der Waals surface area contributed by atoms with E-state index in [1.54, 1.807) is 24.0 Å². The van der Waals surface area contributed by atoms with Gasteiger partial charge in [0, 0.05) is 12.3 Å². The number of fused-ring (bicyclic) bond motifs is 1. The quantitative estimate of drug-likeness (QED) is 0.703. The van der Waals surface area contributed by atoms with Crippen molar-refractivity contribution in [2.24, 2.45) is 0 Å². The van der Waals surface area contributed by atoms with E-state index in [-0.39, 0.29) is 5.97 Å². The molecule has 14 heavy (non-hydrogen) atoms. The first-order valence-corrected chi connectivity index (χ1v) is 4.46. The van der Waals surface area contributed by atoms with Crippen LogP contribution in [-0.4, -0.2) is 28.9 Å². The summed E-state index contributed by atoms with van der Waals surface area (Å²) < 4.78 is 6.51. The molecule has 0 aliphatic carbocycles. The van der Waals surface area contributed by atoms with E-state index in [0.29, 0.717) is 18.7 Å². The first kappa shape index (κ1) is 8.80. The Balaban J connectivity index is 2.20. The fourth-order valence-corrected chi connectivity index (χ4v) is 1.28. The number of aromatic nitrogens is 2. The highest BCUT2D eigenvalue weighted by atomic mass is 16.5. The zero-order valence-electron chi connectivity index (χ0n) is 7.86. The maximum absolute atomic E-state index is 11.4. The Bertz CT molecular complexity index is 381. The van der Waals surface area contributed by atoms with E-state index in [9.17, 15) is 4.79 Å². The van der Waals surface area contributed by atoms with Crippen LogP contribution >= 0.6 is 0 Å². The van der Waals surface area contributed by atoms with E-state index in [1.165, 1.54) is 0 Å². The molecule has 0 saturated heterocycles. The summed E-state index contributed by atoms with van der Waals surface area (Å²) in [5, 5.41) is 7.08. The van der Waals surface area contributed by atoms with E-state index >= 15 is 0 Å². The van der Waals surface area contributed by atoms with Gasteiger partial charge in [-0.3, -0.25) is 0 Å². The minimum atomic E-state index is -0.291. The summed E-state index contributed by atoms with van der Waals surface area (Å²) in [6.07, 6.45) is 3.36. The Morgan fingerprint density at radius 3 is 3.43 bits per heavy atom. The molecule has 74 valence electrons. The van der Waals surface area contributed by atoms with Gasteiger partial charge in [0.1, 0.15) is 5.82 Å². The topological polar surface area (TPSA) is 56.2 Å². The summed E-state index contributed by atoms with van der Waals surface area (Å²) in [6.45, 7) is 2.67. The van der Waals surface area contributed by atoms with Crippen molar-refractivity contribution in [1.82, 2.24) is 9.78 Å². The van der Waals surface area contributed by atoms with Gasteiger partial charge in [-0.2, -0.15) is 5.10 Å². The van der Waals surface area contributed by atoms with Gasteiger partial charge in [-0.1, -0.05) is 0 Å². The van der Waals surface area contributed by atoms with Crippen LogP contribution in [-0.2, 0) is 9.53 Å². The lowest BCUT2D eigenvalue weighted by atomic mass is 10.2. The van der Waals surface area contributed by atoms with Crippen molar-refractivity contribution in [2.75, 3.05) is 18.5 Å². The number of hydrogen-bond acceptors (Lipinski definition) is 4. The summed E-state index contributed by atoms with van der Waals surface area (Å²) in [6, 6.07) is 1.85. The molecule has 2 rings (SSSR count). The molecule has 0 amide bonds. The van der Waals surface area contributed by atoms with Gasteiger partial charge in [0.05, 0.1) is 24.9 Å². The normalized spacial score (nSPS) is 13.9. The van der Waals surface area contributed by atoms with Crippen LogP contribution in [0.15, 0.2) is 17.8 Å². The molecule has 1 aromatic heterocycles. The Kier molecular flexibility index (Phi) is 2.22. The minimum absolute atomic E-state index is 0.291. The molecule has 5 nitrogen and oxygen atoms in total. The maximum Gasteiger partial charge on any atom is 0.337 e. The predicted molar refractivity (Wildman–Crippen MR) is 51.6 cm³/mol. The second-order valence-corrected chi connectivity index (χ2v) is 2.89. The molecule has 0 bridgehead atoms. The summed E-state index contributed by atoms with van der Waals surface area (Å²) in [7, 11) is 0. The molecule has 0 unspecified atom stereocenters. The third-order valence-corrected chi connectivity index (χ3v) is 1.95. The van der Waals surface area contributed by atoms with Gasteiger partial charge in [-0.25, -0.2) is 9.48 Å². The van der Waals surface area contributed by atoms with Crippen LogP contribution in [0.25, 0.3) is 6.20 Å². The lowest BCUT2D eigenvalue weighted by Gasteiger charge is -2.15. The Hall–Kier alpha value is -1.78. The van der Waals surface area contributed by atoms with Crippen molar-refractivity contribution < 1.29 is 9.53 Å². The average molecular weight is 193 g/mol. The summed E-state index contributed by atoms with van der Waals surface area (Å²) >= 11 is 0. The van der Waals surface area contributed by atoms with E-state index in [4.69, 9.17) is 4.74 Å². The number of carbonyl (C=O) groups is 1. The van der Waals surface area contributed by atoms with E-state index < -0.39 is 0 Å². The molecule has 1 aliphatic heterocycles. The van der Waals surface area contributed by atoms with Crippen LogP contribution in [0.1, 0.15) is 6.92 Å². The van der Waals surface area contributed by atoms with Gasteiger partial charge in [-0.05, 0) is 6.92 Å². The fourth-order valence-electron chi connectivity index (χ4n) is 1.28. The van der Waals surface area contributed by atoms with E-state index in [1.807, 2.05) is 6.07 Å². The SMILES string of the molecule is CCOC(=O)C1=Cn2nccc2NC1. The number of carbonyl (C=O) groups excluding carboxylic acids is 1. The standard InChI is InChI=1S/C9H11N3O2/c1-2-14-9(13)7-5-10-8-3-4-11-12(8)6-7/h3-4,6,10H,2,5H2,1H3. The van der Waals surface area contributed by atoms with Gasteiger partial charge in [0.15, 0.2) is 0 Å².